The summed E-state index contributed by atoms with van der Waals surface area (Å²) in [4.78, 5) is 2.03. The highest BCUT2D eigenvalue weighted by molar-refractivity contribution is 5.69. The van der Waals surface area contributed by atoms with Gasteiger partial charge in [-0.1, -0.05) is 6.07 Å². The number of hydrogen-bond donors (Lipinski definition) is 2. The molecule has 0 atom stereocenters. The van der Waals surface area contributed by atoms with Gasteiger partial charge in [-0.15, -0.1) is 0 Å². The number of hydrogen-bond acceptors (Lipinski definition) is 4. The minimum Gasteiger partial charge on any atom is -0.372 e. The summed E-state index contributed by atoms with van der Waals surface area (Å²) >= 11 is 0. The lowest BCUT2D eigenvalue weighted by atomic mass is 9.96. The van der Waals surface area contributed by atoms with Gasteiger partial charge in [0.25, 0.3) is 0 Å². The summed E-state index contributed by atoms with van der Waals surface area (Å²) < 4.78 is 38.4. The van der Waals surface area contributed by atoms with Crippen LogP contribution in [0.3, 0.4) is 0 Å². The summed E-state index contributed by atoms with van der Waals surface area (Å²) in [6.07, 6.45) is -3.74. The van der Waals surface area contributed by atoms with E-state index >= 15 is 0 Å². The van der Waals surface area contributed by atoms with Gasteiger partial charge in [-0.05, 0) is 54.8 Å². The Hall–Kier alpha value is -2.41. The molecule has 2 heterocycles. The van der Waals surface area contributed by atoms with Crippen LogP contribution < -0.4 is 15.6 Å². The molecule has 1 saturated heterocycles. The Balaban J connectivity index is 1.38. The molecule has 0 spiro atoms. The van der Waals surface area contributed by atoms with E-state index in [4.69, 9.17) is 0 Å². The Kier molecular flexibility index (Phi) is 4.63. The number of benzene rings is 2. The van der Waals surface area contributed by atoms with Crippen molar-refractivity contribution >= 4 is 22.7 Å². The molecule has 1 fully saturated rings. The molecule has 2 aromatic carbocycles. The lowest BCUT2D eigenvalue weighted by Crippen LogP contribution is -2.38. The van der Waals surface area contributed by atoms with Gasteiger partial charge in [0.15, 0.2) is 0 Å². The van der Waals surface area contributed by atoms with Crippen molar-refractivity contribution in [1.29, 1.82) is 0 Å². The van der Waals surface area contributed by atoms with Crippen LogP contribution in [-0.2, 0) is 6.54 Å². The van der Waals surface area contributed by atoms with Crippen molar-refractivity contribution < 1.29 is 13.2 Å². The normalized spacial score (nSPS) is 18.3. The first-order valence-corrected chi connectivity index (χ1v) is 9.18. The summed E-state index contributed by atoms with van der Waals surface area (Å²) in [6, 6.07) is 14.1. The summed E-state index contributed by atoms with van der Waals surface area (Å²) in [6.45, 7) is 1.78. The molecular formula is C20H23F3N4. The minimum atomic E-state index is -4.07. The first-order chi connectivity index (χ1) is 12.9. The van der Waals surface area contributed by atoms with Gasteiger partial charge in [0.05, 0.1) is 11.6 Å². The fourth-order valence-corrected chi connectivity index (χ4v) is 3.78. The van der Waals surface area contributed by atoms with E-state index in [0.717, 1.165) is 29.3 Å². The predicted octanol–water partition coefficient (Wildman–Crippen LogP) is 4.98. The first kappa shape index (κ1) is 18.0. The average Bonchev–Trinajstić information content (AvgIpc) is 3.01. The minimum absolute atomic E-state index is 0.167. The molecule has 7 heteroatoms. The van der Waals surface area contributed by atoms with Crippen LogP contribution in [0.4, 0.5) is 35.9 Å². The van der Waals surface area contributed by atoms with E-state index in [9.17, 15) is 13.2 Å². The molecule has 4 rings (SSSR count). The van der Waals surface area contributed by atoms with Crippen molar-refractivity contribution in [2.24, 2.45) is 5.92 Å². The van der Waals surface area contributed by atoms with Gasteiger partial charge in [-0.3, -0.25) is 0 Å². The third kappa shape index (κ3) is 3.98. The smallest absolute Gasteiger partial charge is 0.372 e. The fourth-order valence-electron chi connectivity index (χ4n) is 3.78. The van der Waals surface area contributed by atoms with Gasteiger partial charge in [0.2, 0.25) is 0 Å². The Labute approximate surface area is 156 Å². The van der Waals surface area contributed by atoms with E-state index in [2.05, 4.69) is 28.9 Å². The van der Waals surface area contributed by atoms with Gasteiger partial charge in [-0.25, -0.2) is 5.01 Å². The molecule has 0 aromatic heterocycles. The number of hydrazine groups is 1. The Morgan fingerprint density at radius 1 is 1.00 bits per heavy atom. The third-order valence-electron chi connectivity index (χ3n) is 5.31. The van der Waals surface area contributed by atoms with Gasteiger partial charge in [-0.2, -0.15) is 13.2 Å². The number of nitrogens with one attached hydrogen (secondary N) is 2. The van der Waals surface area contributed by atoms with Crippen LogP contribution in [-0.4, -0.2) is 31.3 Å². The highest BCUT2D eigenvalue weighted by atomic mass is 19.4. The predicted molar refractivity (Wildman–Crippen MR) is 102 cm³/mol. The Morgan fingerprint density at radius 2 is 1.67 bits per heavy atom. The molecule has 2 aliphatic rings. The maximum absolute atomic E-state index is 12.8. The van der Waals surface area contributed by atoms with Crippen molar-refractivity contribution in [1.82, 2.24) is 5.01 Å². The maximum Gasteiger partial charge on any atom is 0.391 e. The second kappa shape index (κ2) is 6.96. The maximum atomic E-state index is 12.8. The molecule has 0 amide bonds. The van der Waals surface area contributed by atoms with E-state index in [0.29, 0.717) is 13.1 Å². The summed E-state index contributed by atoms with van der Waals surface area (Å²) in [5.41, 5.74) is 8.58. The standard InChI is InChI=1S/C20H23F3N4/c1-26-13-14-2-3-17(12-19(14)25-26)24-16-4-6-18(7-5-16)27-10-8-15(9-11-27)20(21,22)23/h2-7,12,15,24-25H,8-11,13H2,1H3. The third-order valence-corrected chi connectivity index (χ3v) is 5.31. The molecule has 0 saturated carbocycles. The summed E-state index contributed by atoms with van der Waals surface area (Å²) in [7, 11) is 2.00. The zero-order valence-electron chi connectivity index (χ0n) is 15.2. The van der Waals surface area contributed by atoms with Crippen LogP contribution in [0.25, 0.3) is 0 Å². The SMILES string of the molecule is CN1Cc2ccc(Nc3ccc(N4CCC(C(F)(F)F)CC4)cc3)cc2N1. The lowest BCUT2D eigenvalue weighted by molar-refractivity contribution is -0.179. The Morgan fingerprint density at radius 3 is 2.33 bits per heavy atom. The van der Waals surface area contributed by atoms with Gasteiger partial charge in [0, 0.05) is 43.7 Å². The number of alkyl halides is 3. The number of rotatable bonds is 3. The second-order valence-corrected chi connectivity index (χ2v) is 7.31. The van der Waals surface area contributed by atoms with Crippen molar-refractivity contribution in [3.05, 3.63) is 48.0 Å². The van der Waals surface area contributed by atoms with Gasteiger partial charge in [0.1, 0.15) is 0 Å². The first-order valence-electron chi connectivity index (χ1n) is 9.18. The van der Waals surface area contributed by atoms with Crippen molar-refractivity contribution in [2.45, 2.75) is 25.6 Å². The van der Waals surface area contributed by atoms with Crippen molar-refractivity contribution in [3.63, 3.8) is 0 Å². The molecule has 4 nitrogen and oxygen atoms in total. The van der Waals surface area contributed by atoms with Gasteiger partial charge >= 0.3 is 6.18 Å². The molecule has 27 heavy (non-hydrogen) atoms. The quantitative estimate of drug-likeness (QED) is 0.791. The number of nitrogens with zero attached hydrogens (tertiary/aromatic N) is 2. The topological polar surface area (TPSA) is 30.5 Å². The second-order valence-electron chi connectivity index (χ2n) is 7.31. The molecule has 2 N–H and O–H groups in total. The van der Waals surface area contributed by atoms with Crippen LogP contribution in [0.1, 0.15) is 18.4 Å². The van der Waals surface area contributed by atoms with E-state index in [1.54, 1.807) is 0 Å². The van der Waals surface area contributed by atoms with Crippen LogP contribution in [0.5, 0.6) is 0 Å². The van der Waals surface area contributed by atoms with E-state index in [1.165, 1.54) is 5.56 Å². The lowest BCUT2D eigenvalue weighted by Gasteiger charge is -2.34. The van der Waals surface area contributed by atoms with Crippen molar-refractivity contribution in [2.75, 3.05) is 35.8 Å². The van der Waals surface area contributed by atoms with Crippen molar-refractivity contribution in [3.8, 4) is 0 Å². The highest BCUT2D eigenvalue weighted by Gasteiger charge is 2.41. The molecule has 144 valence electrons. The molecule has 2 aromatic rings. The highest BCUT2D eigenvalue weighted by Crippen LogP contribution is 2.35. The molecular weight excluding hydrogens is 353 g/mol. The average molecular weight is 376 g/mol. The molecule has 0 aliphatic carbocycles. The number of fused-ring (bicyclic) bond motifs is 1. The number of anilines is 4. The number of piperidine rings is 1. The monoisotopic (exact) mass is 376 g/mol. The van der Waals surface area contributed by atoms with E-state index in [-0.39, 0.29) is 12.8 Å². The number of halogens is 3. The van der Waals surface area contributed by atoms with Gasteiger partial charge < -0.3 is 15.6 Å². The Bertz CT molecular complexity index is 796. The largest absolute Gasteiger partial charge is 0.391 e. The summed E-state index contributed by atoms with van der Waals surface area (Å²) in [5, 5.41) is 5.41. The summed E-state index contributed by atoms with van der Waals surface area (Å²) in [5.74, 6) is -1.16. The van der Waals surface area contributed by atoms with Crippen LogP contribution in [0, 0.1) is 5.92 Å². The molecule has 2 aliphatic heterocycles. The van der Waals surface area contributed by atoms with Crippen LogP contribution >= 0.6 is 0 Å². The van der Waals surface area contributed by atoms with Crippen LogP contribution in [0.15, 0.2) is 42.5 Å². The molecule has 0 unspecified atom stereocenters. The molecule has 0 bridgehead atoms. The van der Waals surface area contributed by atoms with E-state index in [1.807, 2.05) is 41.2 Å². The van der Waals surface area contributed by atoms with Crippen LogP contribution in [0.2, 0.25) is 0 Å². The van der Waals surface area contributed by atoms with E-state index < -0.39 is 12.1 Å². The zero-order chi connectivity index (χ0) is 19.0. The molecule has 0 radical (unpaired) electrons. The fraction of sp³-hybridized carbons (Fsp3) is 0.400. The zero-order valence-corrected chi connectivity index (χ0v) is 15.2.